The van der Waals surface area contributed by atoms with Crippen LogP contribution >= 0.6 is 22.7 Å². The molecule has 0 saturated heterocycles. The summed E-state index contributed by atoms with van der Waals surface area (Å²) in [6.07, 6.45) is 0. The van der Waals surface area contributed by atoms with Gasteiger partial charge in [0.1, 0.15) is 5.01 Å². The van der Waals surface area contributed by atoms with Gasteiger partial charge in [-0.05, 0) is 58.7 Å². The fourth-order valence-electron chi connectivity index (χ4n) is 7.04. The largest absolute Gasteiger partial charge is 0.236 e. The molecule has 10 rings (SSSR count). The fraction of sp³-hybridized carbons (Fsp3) is 0. The van der Waals surface area contributed by atoms with E-state index in [2.05, 4.69) is 164 Å². The number of nitrogens with zero attached hydrogens (tertiary/aromatic N) is 3. The van der Waals surface area contributed by atoms with E-state index < -0.39 is 0 Å². The van der Waals surface area contributed by atoms with Gasteiger partial charge in [0.15, 0.2) is 5.82 Å². The van der Waals surface area contributed by atoms with Gasteiger partial charge in [-0.2, -0.15) is 0 Å². The minimum atomic E-state index is 0.695. The van der Waals surface area contributed by atoms with Gasteiger partial charge in [-0.1, -0.05) is 140 Å². The second-order valence-corrected chi connectivity index (χ2v) is 14.9. The Hall–Kier alpha value is -6.27. The van der Waals surface area contributed by atoms with Crippen LogP contribution in [-0.4, -0.2) is 15.0 Å². The molecule has 244 valence electrons. The summed E-state index contributed by atoms with van der Waals surface area (Å²) in [4.78, 5) is 15.7. The first-order valence-corrected chi connectivity index (χ1v) is 18.9. The molecular formula is C47H29N3S2. The van der Waals surface area contributed by atoms with Crippen LogP contribution in [0.15, 0.2) is 176 Å². The number of fused-ring (bicyclic) bond motifs is 4. The van der Waals surface area contributed by atoms with Crippen molar-refractivity contribution >= 4 is 53.1 Å². The van der Waals surface area contributed by atoms with Crippen molar-refractivity contribution in [2.45, 2.75) is 0 Å². The van der Waals surface area contributed by atoms with Crippen molar-refractivity contribution < 1.29 is 0 Å². The molecule has 0 unspecified atom stereocenters. The summed E-state index contributed by atoms with van der Waals surface area (Å²) in [6.45, 7) is 0. The molecule has 0 N–H and O–H groups in total. The highest BCUT2D eigenvalue weighted by atomic mass is 32.1. The van der Waals surface area contributed by atoms with Gasteiger partial charge in [0, 0.05) is 42.4 Å². The van der Waals surface area contributed by atoms with Crippen molar-refractivity contribution in [2.24, 2.45) is 0 Å². The number of aromatic nitrogens is 3. The molecule has 0 bridgehead atoms. The third kappa shape index (κ3) is 5.48. The van der Waals surface area contributed by atoms with Gasteiger partial charge >= 0.3 is 0 Å². The van der Waals surface area contributed by atoms with Crippen molar-refractivity contribution in [3.63, 3.8) is 0 Å². The molecule has 3 heterocycles. The maximum atomic E-state index is 5.35. The lowest BCUT2D eigenvalue weighted by molar-refractivity contribution is 1.19. The molecule has 0 fully saturated rings. The minimum Gasteiger partial charge on any atom is -0.236 e. The molecule has 0 spiro atoms. The first kappa shape index (κ1) is 30.5. The van der Waals surface area contributed by atoms with Gasteiger partial charge < -0.3 is 0 Å². The Labute approximate surface area is 309 Å². The summed E-state index contributed by atoms with van der Waals surface area (Å²) < 4.78 is 3.65. The Morgan fingerprint density at radius 1 is 0.327 bits per heavy atom. The van der Waals surface area contributed by atoms with Crippen molar-refractivity contribution in [1.29, 1.82) is 0 Å². The van der Waals surface area contributed by atoms with Crippen molar-refractivity contribution in [2.75, 3.05) is 0 Å². The Kier molecular flexibility index (Phi) is 7.52. The number of hydrogen-bond donors (Lipinski definition) is 0. The van der Waals surface area contributed by atoms with Gasteiger partial charge in [-0.25, -0.2) is 15.0 Å². The highest BCUT2D eigenvalue weighted by molar-refractivity contribution is 7.26. The summed E-state index contributed by atoms with van der Waals surface area (Å²) in [5.74, 6) is 0.695. The Morgan fingerprint density at radius 3 is 1.62 bits per heavy atom. The molecule has 0 aliphatic carbocycles. The lowest BCUT2D eigenvalue weighted by atomic mass is 9.98. The van der Waals surface area contributed by atoms with E-state index in [1.165, 1.54) is 36.0 Å². The van der Waals surface area contributed by atoms with Crippen LogP contribution in [0, 0.1) is 0 Å². The number of hydrogen-bond acceptors (Lipinski definition) is 5. The van der Waals surface area contributed by atoms with E-state index in [0.29, 0.717) is 5.82 Å². The smallest absolute Gasteiger partial charge is 0.160 e. The predicted octanol–water partition coefficient (Wildman–Crippen LogP) is 13.5. The number of rotatable bonds is 6. The van der Waals surface area contributed by atoms with Crippen LogP contribution in [0.5, 0.6) is 0 Å². The van der Waals surface area contributed by atoms with Crippen LogP contribution in [0.2, 0.25) is 0 Å². The second-order valence-electron chi connectivity index (χ2n) is 12.8. The molecule has 0 atom stereocenters. The van der Waals surface area contributed by atoms with E-state index in [0.717, 1.165) is 55.3 Å². The van der Waals surface area contributed by atoms with Crippen molar-refractivity contribution in [1.82, 2.24) is 15.0 Å². The van der Waals surface area contributed by atoms with Crippen LogP contribution in [0.4, 0.5) is 0 Å². The highest BCUT2D eigenvalue weighted by Crippen LogP contribution is 2.45. The van der Waals surface area contributed by atoms with Crippen LogP contribution in [0.25, 0.3) is 97.1 Å². The second kappa shape index (κ2) is 12.8. The zero-order valence-electron chi connectivity index (χ0n) is 27.9. The Morgan fingerprint density at radius 2 is 0.865 bits per heavy atom. The summed E-state index contributed by atoms with van der Waals surface area (Å²) >= 11 is 3.57. The molecule has 7 aromatic carbocycles. The molecule has 3 aromatic heterocycles. The third-order valence-corrected chi connectivity index (χ3v) is 11.8. The first-order valence-electron chi connectivity index (χ1n) is 17.3. The van der Waals surface area contributed by atoms with Crippen LogP contribution < -0.4 is 0 Å². The predicted molar refractivity (Wildman–Crippen MR) is 221 cm³/mol. The number of para-hydroxylation sites is 1. The SMILES string of the molecule is c1ccc(-c2ccc(-c3cc(-c4cccc5sc6cccc(-c7nc8ccccc8s7)c6c45)nc(-c4cccc(-c5ccccc5)c4)n3)cc2)cc1. The summed E-state index contributed by atoms with van der Waals surface area (Å²) in [5.41, 5.74) is 11.7. The van der Waals surface area contributed by atoms with Gasteiger partial charge in [0.05, 0.1) is 21.6 Å². The number of thiazole rings is 1. The Balaban J connectivity index is 1.19. The van der Waals surface area contributed by atoms with Crippen molar-refractivity contribution in [3.05, 3.63) is 176 Å². The number of benzene rings is 7. The fourth-order valence-corrected chi connectivity index (χ4v) is 9.20. The quantitative estimate of drug-likeness (QED) is 0.173. The highest BCUT2D eigenvalue weighted by Gasteiger charge is 2.19. The summed E-state index contributed by atoms with van der Waals surface area (Å²) in [6, 6.07) is 61.9. The van der Waals surface area contributed by atoms with Gasteiger partial charge in [0.2, 0.25) is 0 Å². The zero-order chi connectivity index (χ0) is 34.4. The van der Waals surface area contributed by atoms with Crippen LogP contribution in [-0.2, 0) is 0 Å². The lowest BCUT2D eigenvalue weighted by Crippen LogP contribution is -1.96. The molecule has 5 heteroatoms. The minimum absolute atomic E-state index is 0.695. The first-order chi connectivity index (χ1) is 25.7. The molecule has 0 aliphatic heterocycles. The lowest BCUT2D eigenvalue weighted by Gasteiger charge is -2.12. The maximum Gasteiger partial charge on any atom is 0.160 e. The molecule has 0 amide bonds. The average Bonchev–Trinajstić information content (AvgIpc) is 3.84. The molecular weight excluding hydrogens is 671 g/mol. The van der Waals surface area contributed by atoms with E-state index in [9.17, 15) is 0 Å². The molecule has 0 saturated carbocycles. The zero-order valence-corrected chi connectivity index (χ0v) is 29.5. The topological polar surface area (TPSA) is 38.7 Å². The van der Waals surface area contributed by atoms with Crippen molar-refractivity contribution in [3.8, 4) is 66.7 Å². The molecule has 0 aliphatic rings. The number of thiophene rings is 1. The summed E-state index contributed by atoms with van der Waals surface area (Å²) in [7, 11) is 0. The normalized spacial score (nSPS) is 11.5. The van der Waals surface area contributed by atoms with Crippen LogP contribution in [0.3, 0.4) is 0 Å². The average molecular weight is 700 g/mol. The monoisotopic (exact) mass is 699 g/mol. The van der Waals surface area contributed by atoms with Gasteiger partial charge in [-0.15, -0.1) is 22.7 Å². The molecule has 52 heavy (non-hydrogen) atoms. The van der Waals surface area contributed by atoms with E-state index in [4.69, 9.17) is 15.0 Å². The maximum absolute atomic E-state index is 5.35. The van der Waals surface area contributed by atoms with E-state index >= 15 is 0 Å². The van der Waals surface area contributed by atoms with Gasteiger partial charge in [-0.3, -0.25) is 0 Å². The van der Waals surface area contributed by atoms with E-state index in [1.807, 2.05) is 23.5 Å². The van der Waals surface area contributed by atoms with E-state index in [-0.39, 0.29) is 0 Å². The molecule has 10 aromatic rings. The van der Waals surface area contributed by atoms with Gasteiger partial charge in [0.25, 0.3) is 0 Å². The standard InChI is InChI=1S/C47H29N3S2/c1-3-12-30(13-4-1)32-24-26-33(27-25-32)39-29-40(49-46(48-39)35-17-9-16-34(28-35)31-14-5-2-6-15-31)36-18-10-22-42-44(36)45-37(19-11-23-43(45)51-42)47-50-38-20-7-8-21-41(38)52-47/h1-29H. The van der Waals surface area contributed by atoms with Crippen LogP contribution in [0.1, 0.15) is 0 Å². The van der Waals surface area contributed by atoms with E-state index in [1.54, 1.807) is 11.3 Å². The third-order valence-electron chi connectivity index (χ3n) is 9.56. The Bertz CT molecular complexity index is 2860. The molecule has 3 nitrogen and oxygen atoms in total. The summed E-state index contributed by atoms with van der Waals surface area (Å²) in [5, 5.41) is 3.45. The molecule has 0 radical (unpaired) electrons.